The third-order valence-electron chi connectivity index (χ3n) is 3.68. The molecule has 0 heterocycles. The SMILES string of the molecule is CCOC1CC(NCCNC(=O)C2CC2)C1OC. The maximum atomic E-state index is 11.4. The zero-order valence-electron chi connectivity index (χ0n) is 11.3. The van der Waals surface area contributed by atoms with Crippen molar-refractivity contribution in [1.82, 2.24) is 10.6 Å². The summed E-state index contributed by atoms with van der Waals surface area (Å²) >= 11 is 0. The number of carbonyl (C=O) groups excluding carboxylic acids is 1. The van der Waals surface area contributed by atoms with Crippen molar-refractivity contribution in [3.05, 3.63) is 0 Å². The smallest absolute Gasteiger partial charge is 0.223 e. The number of nitrogens with one attached hydrogen (secondary N) is 2. The molecule has 0 saturated heterocycles. The molecule has 2 aliphatic carbocycles. The summed E-state index contributed by atoms with van der Waals surface area (Å²) in [5, 5.41) is 6.35. The first-order valence-corrected chi connectivity index (χ1v) is 6.91. The van der Waals surface area contributed by atoms with Gasteiger partial charge in [0.05, 0.1) is 12.2 Å². The normalized spacial score (nSPS) is 30.9. The van der Waals surface area contributed by atoms with E-state index in [9.17, 15) is 4.79 Å². The summed E-state index contributed by atoms with van der Waals surface area (Å²) < 4.78 is 11.0. The minimum absolute atomic E-state index is 0.143. The zero-order chi connectivity index (χ0) is 13.0. The second-order valence-corrected chi connectivity index (χ2v) is 5.06. The minimum atomic E-state index is 0.143. The molecule has 2 rings (SSSR count). The Morgan fingerprint density at radius 2 is 2.11 bits per heavy atom. The van der Waals surface area contributed by atoms with Gasteiger partial charge < -0.3 is 20.1 Å². The second-order valence-electron chi connectivity index (χ2n) is 5.06. The Morgan fingerprint density at radius 3 is 2.72 bits per heavy atom. The van der Waals surface area contributed by atoms with Crippen molar-refractivity contribution in [3.63, 3.8) is 0 Å². The zero-order valence-corrected chi connectivity index (χ0v) is 11.3. The van der Waals surface area contributed by atoms with Crippen LogP contribution in [0.5, 0.6) is 0 Å². The third kappa shape index (κ3) is 3.43. The van der Waals surface area contributed by atoms with Gasteiger partial charge in [-0.3, -0.25) is 4.79 Å². The molecule has 0 radical (unpaired) electrons. The van der Waals surface area contributed by atoms with E-state index in [1.54, 1.807) is 7.11 Å². The van der Waals surface area contributed by atoms with E-state index in [4.69, 9.17) is 9.47 Å². The molecule has 5 heteroatoms. The summed E-state index contributed by atoms with van der Waals surface area (Å²) in [4.78, 5) is 11.4. The van der Waals surface area contributed by atoms with Gasteiger partial charge in [-0.25, -0.2) is 0 Å². The summed E-state index contributed by atoms with van der Waals surface area (Å²) in [5.41, 5.74) is 0. The van der Waals surface area contributed by atoms with Crippen LogP contribution >= 0.6 is 0 Å². The maximum absolute atomic E-state index is 11.4. The number of hydrogen-bond acceptors (Lipinski definition) is 4. The fraction of sp³-hybridized carbons (Fsp3) is 0.923. The quantitative estimate of drug-likeness (QED) is 0.613. The van der Waals surface area contributed by atoms with Crippen molar-refractivity contribution in [2.45, 2.75) is 44.4 Å². The molecule has 2 aliphatic rings. The molecular weight excluding hydrogens is 232 g/mol. The Kier molecular flexibility index (Phi) is 4.97. The van der Waals surface area contributed by atoms with Gasteiger partial charge in [0.15, 0.2) is 0 Å². The lowest BCUT2D eigenvalue weighted by Gasteiger charge is -2.43. The van der Waals surface area contributed by atoms with Crippen molar-refractivity contribution < 1.29 is 14.3 Å². The highest BCUT2D eigenvalue weighted by molar-refractivity contribution is 5.80. The maximum Gasteiger partial charge on any atom is 0.223 e. The molecule has 2 N–H and O–H groups in total. The van der Waals surface area contributed by atoms with Crippen LogP contribution in [0.1, 0.15) is 26.2 Å². The van der Waals surface area contributed by atoms with Crippen molar-refractivity contribution in [3.8, 4) is 0 Å². The van der Waals surface area contributed by atoms with E-state index in [0.29, 0.717) is 18.5 Å². The number of carbonyl (C=O) groups is 1. The fourth-order valence-corrected chi connectivity index (χ4v) is 2.41. The van der Waals surface area contributed by atoms with Crippen molar-refractivity contribution in [2.75, 3.05) is 26.8 Å². The molecule has 2 saturated carbocycles. The van der Waals surface area contributed by atoms with Gasteiger partial charge in [0.2, 0.25) is 5.91 Å². The lowest BCUT2D eigenvalue weighted by molar-refractivity contribution is -0.131. The number of rotatable bonds is 8. The van der Waals surface area contributed by atoms with Gasteiger partial charge in [-0.05, 0) is 26.2 Å². The van der Waals surface area contributed by atoms with Gasteiger partial charge in [-0.1, -0.05) is 0 Å². The van der Waals surface area contributed by atoms with Crippen LogP contribution in [0.3, 0.4) is 0 Å². The Labute approximate surface area is 109 Å². The van der Waals surface area contributed by atoms with E-state index < -0.39 is 0 Å². The molecule has 104 valence electrons. The average molecular weight is 256 g/mol. The summed E-state index contributed by atoms with van der Waals surface area (Å²) in [6, 6.07) is 0.351. The summed E-state index contributed by atoms with van der Waals surface area (Å²) in [6.07, 6.45) is 3.47. The highest BCUT2D eigenvalue weighted by Crippen LogP contribution is 2.28. The molecule has 0 aromatic heterocycles. The van der Waals surface area contributed by atoms with E-state index >= 15 is 0 Å². The molecule has 5 nitrogen and oxygen atoms in total. The standard InChI is InChI=1S/C13H24N2O3/c1-3-18-11-8-10(12(11)17-2)14-6-7-15-13(16)9-4-5-9/h9-12,14H,3-8H2,1-2H3,(H,15,16). The molecule has 1 amide bonds. The molecule has 0 aromatic carbocycles. The monoisotopic (exact) mass is 256 g/mol. The molecule has 2 fully saturated rings. The topological polar surface area (TPSA) is 59.6 Å². The van der Waals surface area contributed by atoms with Crippen molar-refractivity contribution in [2.24, 2.45) is 5.92 Å². The highest BCUT2D eigenvalue weighted by atomic mass is 16.5. The minimum Gasteiger partial charge on any atom is -0.377 e. The van der Waals surface area contributed by atoms with Gasteiger partial charge in [-0.15, -0.1) is 0 Å². The molecule has 3 unspecified atom stereocenters. The van der Waals surface area contributed by atoms with Crippen LogP contribution in [-0.2, 0) is 14.3 Å². The third-order valence-corrected chi connectivity index (χ3v) is 3.68. The number of hydrogen-bond donors (Lipinski definition) is 2. The van der Waals surface area contributed by atoms with Crippen LogP contribution < -0.4 is 10.6 Å². The second kappa shape index (κ2) is 6.50. The van der Waals surface area contributed by atoms with Crippen LogP contribution in [0.15, 0.2) is 0 Å². The molecular formula is C13H24N2O3. The number of ether oxygens (including phenoxy) is 2. The molecule has 0 bridgehead atoms. The largest absolute Gasteiger partial charge is 0.377 e. The van der Waals surface area contributed by atoms with E-state index in [2.05, 4.69) is 10.6 Å². The lowest BCUT2D eigenvalue weighted by atomic mass is 9.85. The van der Waals surface area contributed by atoms with Gasteiger partial charge in [-0.2, -0.15) is 0 Å². The first-order valence-electron chi connectivity index (χ1n) is 6.91. The summed E-state index contributed by atoms with van der Waals surface area (Å²) in [6.45, 7) is 4.22. The Bertz CT molecular complexity index is 281. The lowest BCUT2D eigenvalue weighted by Crippen LogP contribution is -2.60. The van der Waals surface area contributed by atoms with Crippen LogP contribution in [0, 0.1) is 5.92 Å². The molecule has 0 aromatic rings. The van der Waals surface area contributed by atoms with E-state index in [-0.39, 0.29) is 18.1 Å². The van der Waals surface area contributed by atoms with E-state index in [1.807, 2.05) is 6.92 Å². The van der Waals surface area contributed by atoms with Crippen LogP contribution in [0.2, 0.25) is 0 Å². The summed E-state index contributed by atoms with van der Waals surface area (Å²) in [5.74, 6) is 0.503. The highest BCUT2D eigenvalue weighted by Gasteiger charge is 2.41. The van der Waals surface area contributed by atoms with Crippen LogP contribution in [-0.4, -0.2) is 51.0 Å². The predicted octanol–water partition coefficient (Wildman–Crippen LogP) is 0.295. The van der Waals surface area contributed by atoms with Crippen LogP contribution in [0.4, 0.5) is 0 Å². The Hall–Kier alpha value is -0.650. The Morgan fingerprint density at radius 1 is 1.33 bits per heavy atom. The van der Waals surface area contributed by atoms with Gasteiger partial charge in [0, 0.05) is 38.8 Å². The average Bonchev–Trinajstić information content (AvgIpc) is 3.15. The first kappa shape index (κ1) is 13.8. The van der Waals surface area contributed by atoms with E-state index in [1.165, 1.54) is 0 Å². The van der Waals surface area contributed by atoms with Crippen molar-refractivity contribution in [1.29, 1.82) is 0 Å². The fourth-order valence-electron chi connectivity index (χ4n) is 2.41. The first-order chi connectivity index (χ1) is 8.76. The molecule has 18 heavy (non-hydrogen) atoms. The summed E-state index contributed by atoms with van der Waals surface area (Å²) in [7, 11) is 1.72. The number of methoxy groups -OCH3 is 1. The number of amides is 1. The molecule has 0 spiro atoms. The van der Waals surface area contributed by atoms with Crippen LogP contribution in [0.25, 0.3) is 0 Å². The van der Waals surface area contributed by atoms with Gasteiger partial charge in [0.25, 0.3) is 0 Å². The van der Waals surface area contributed by atoms with E-state index in [0.717, 1.165) is 32.4 Å². The van der Waals surface area contributed by atoms with Gasteiger partial charge >= 0.3 is 0 Å². The van der Waals surface area contributed by atoms with Gasteiger partial charge in [0.1, 0.15) is 0 Å². The molecule has 3 atom stereocenters. The Balaban J connectivity index is 1.55. The predicted molar refractivity (Wildman–Crippen MR) is 68.4 cm³/mol. The molecule has 0 aliphatic heterocycles. The van der Waals surface area contributed by atoms with Crippen molar-refractivity contribution >= 4 is 5.91 Å².